The Labute approximate surface area is 116 Å². The van der Waals surface area contributed by atoms with Crippen molar-refractivity contribution in [1.82, 2.24) is 19.9 Å². The van der Waals surface area contributed by atoms with Gasteiger partial charge in [0, 0.05) is 19.5 Å². The highest BCUT2D eigenvalue weighted by Crippen LogP contribution is 2.20. The zero-order valence-electron chi connectivity index (χ0n) is 10.9. The van der Waals surface area contributed by atoms with E-state index in [1.165, 1.54) is 6.07 Å². The van der Waals surface area contributed by atoms with Crippen LogP contribution >= 0.6 is 0 Å². The van der Waals surface area contributed by atoms with Crippen LogP contribution in [0.4, 0.5) is 4.39 Å². The Morgan fingerprint density at radius 2 is 1.95 bits per heavy atom. The SMILES string of the molecule is O=C(CCc1ccccc1F)N1CC(n2nccn2)C1. The number of hydrogen-bond acceptors (Lipinski definition) is 3. The van der Waals surface area contributed by atoms with Gasteiger partial charge in [-0.3, -0.25) is 4.79 Å². The van der Waals surface area contributed by atoms with E-state index < -0.39 is 0 Å². The van der Waals surface area contributed by atoms with E-state index in [0.717, 1.165) is 0 Å². The Hall–Kier alpha value is -2.24. The van der Waals surface area contributed by atoms with Crippen LogP contribution in [0, 0.1) is 5.82 Å². The van der Waals surface area contributed by atoms with E-state index >= 15 is 0 Å². The standard InChI is InChI=1S/C14H15FN4O/c15-13-4-2-1-3-11(13)5-6-14(20)18-9-12(10-18)19-16-7-8-17-19/h1-4,7-8,12H,5-6,9-10H2. The third-order valence-corrected chi connectivity index (χ3v) is 3.54. The molecular weight excluding hydrogens is 259 g/mol. The minimum absolute atomic E-state index is 0.0525. The first-order valence-corrected chi connectivity index (χ1v) is 6.61. The van der Waals surface area contributed by atoms with Crippen LogP contribution < -0.4 is 0 Å². The molecule has 0 saturated carbocycles. The van der Waals surface area contributed by atoms with Crippen LogP contribution in [0.15, 0.2) is 36.7 Å². The van der Waals surface area contributed by atoms with Crippen molar-refractivity contribution < 1.29 is 9.18 Å². The number of rotatable bonds is 4. The lowest BCUT2D eigenvalue weighted by Crippen LogP contribution is -2.51. The predicted molar refractivity (Wildman–Crippen MR) is 70.4 cm³/mol. The number of benzene rings is 1. The highest BCUT2D eigenvalue weighted by atomic mass is 19.1. The predicted octanol–water partition coefficient (Wildman–Crippen LogP) is 1.43. The number of amides is 1. The van der Waals surface area contributed by atoms with Crippen LogP contribution in [-0.4, -0.2) is 38.9 Å². The molecule has 0 bridgehead atoms. The Bertz CT molecular complexity index is 593. The third kappa shape index (κ3) is 2.54. The van der Waals surface area contributed by atoms with Crippen molar-refractivity contribution in [3.8, 4) is 0 Å². The molecule has 2 heterocycles. The Kier molecular flexibility index (Phi) is 3.45. The second kappa shape index (κ2) is 5.40. The van der Waals surface area contributed by atoms with Crippen LogP contribution in [0.2, 0.25) is 0 Å². The van der Waals surface area contributed by atoms with Gasteiger partial charge in [0.05, 0.1) is 12.4 Å². The van der Waals surface area contributed by atoms with E-state index in [9.17, 15) is 9.18 Å². The molecule has 2 aromatic rings. The summed E-state index contributed by atoms with van der Waals surface area (Å²) in [6, 6.07) is 6.74. The van der Waals surface area contributed by atoms with Gasteiger partial charge < -0.3 is 4.90 Å². The Morgan fingerprint density at radius 1 is 1.25 bits per heavy atom. The molecule has 20 heavy (non-hydrogen) atoms. The summed E-state index contributed by atoms with van der Waals surface area (Å²) in [5.74, 6) is -0.195. The largest absolute Gasteiger partial charge is 0.338 e. The lowest BCUT2D eigenvalue weighted by atomic mass is 10.1. The summed E-state index contributed by atoms with van der Waals surface area (Å²) in [4.78, 5) is 15.4. The van der Waals surface area contributed by atoms with E-state index in [4.69, 9.17) is 0 Å². The first-order valence-electron chi connectivity index (χ1n) is 6.61. The van der Waals surface area contributed by atoms with Gasteiger partial charge in [0.15, 0.2) is 0 Å². The zero-order chi connectivity index (χ0) is 13.9. The number of hydrogen-bond donors (Lipinski definition) is 0. The smallest absolute Gasteiger partial charge is 0.223 e. The number of halogens is 1. The molecule has 0 N–H and O–H groups in total. The molecule has 104 valence electrons. The topological polar surface area (TPSA) is 51.0 Å². The minimum Gasteiger partial charge on any atom is -0.338 e. The van der Waals surface area contributed by atoms with Gasteiger partial charge in [-0.15, -0.1) is 0 Å². The van der Waals surface area contributed by atoms with Gasteiger partial charge in [0.25, 0.3) is 0 Å². The van der Waals surface area contributed by atoms with Gasteiger partial charge in [-0.25, -0.2) is 4.39 Å². The van der Waals surface area contributed by atoms with Gasteiger partial charge >= 0.3 is 0 Å². The molecule has 3 rings (SSSR count). The molecule has 1 fully saturated rings. The fraction of sp³-hybridized carbons (Fsp3) is 0.357. The molecule has 1 aromatic heterocycles. The summed E-state index contributed by atoms with van der Waals surface area (Å²) < 4.78 is 13.4. The Balaban J connectivity index is 1.48. The van der Waals surface area contributed by atoms with E-state index in [1.807, 2.05) is 0 Å². The summed E-state index contributed by atoms with van der Waals surface area (Å²) >= 11 is 0. The molecule has 0 radical (unpaired) electrons. The molecule has 0 spiro atoms. The molecule has 0 unspecified atom stereocenters. The van der Waals surface area contributed by atoms with Gasteiger partial charge in [0.2, 0.25) is 5.91 Å². The number of carbonyl (C=O) groups excluding carboxylic acids is 1. The monoisotopic (exact) mass is 274 g/mol. The molecule has 1 aromatic carbocycles. The van der Waals surface area contributed by atoms with Gasteiger partial charge in [-0.1, -0.05) is 18.2 Å². The summed E-state index contributed by atoms with van der Waals surface area (Å²) in [5.41, 5.74) is 0.590. The molecule has 1 amide bonds. The molecule has 6 heteroatoms. The maximum atomic E-state index is 13.4. The lowest BCUT2D eigenvalue weighted by Gasteiger charge is -2.38. The van der Waals surface area contributed by atoms with E-state index in [-0.39, 0.29) is 17.8 Å². The highest BCUT2D eigenvalue weighted by molar-refractivity contribution is 5.77. The van der Waals surface area contributed by atoms with Crippen molar-refractivity contribution in [2.24, 2.45) is 0 Å². The normalized spacial score (nSPS) is 15.2. The number of aryl methyl sites for hydroxylation is 1. The molecular formula is C14H15FN4O. The maximum Gasteiger partial charge on any atom is 0.223 e. The first kappa shape index (κ1) is 12.8. The fourth-order valence-corrected chi connectivity index (χ4v) is 2.32. The number of carbonyl (C=O) groups is 1. The molecule has 1 saturated heterocycles. The summed E-state index contributed by atoms with van der Waals surface area (Å²) in [6.07, 6.45) is 4.03. The molecule has 1 aliphatic heterocycles. The third-order valence-electron chi connectivity index (χ3n) is 3.54. The molecule has 5 nitrogen and oxygen atoms in total. The van der Waals surface area contributed by atoms with Crippen molar-refractivity contribution in [2.75, 3.05) is 13.1 Å². The van der Waals surface area contributed by atoms with Crippen LogP contribution in [0.1, 0.15) is 18.0 Å². The maximum absolute atomic E-state index is 13.4. The first-order chi connectivity index (χ1) is 9.74. The second-order valence-corrected chi connectivity index (χ2v) is 4.89. The fourth-order valence-electron chi connectivity index (χ4n) is 2.32. The quantitative estimate of drug-likeness (QED) is 0.847. The zero-order valence-corrected chi connectivity index (χ0v) is 10.9. The lowest BCUT2D eigenvalue weighted by molar-refractivity contribution is -0.137. The summed E-state index contributed by atoms with van der Waals surface area (Å²) in [7, 11) is 0. The van der Waals surface area contributed by atoms with E-state index in [1.54, 1.807) is 40.3 Å². The highest BCUT2D eigenvalue weighted by Gasteiger charge is 2.32. The minimum atomic E-state index is -0.248. The van der Waals surface area contributed by atoms with Gasteiger partial charge in [-0.2, -0.15) is 15.0 Å². The van der Waals surface area contributed by atoms with Crippen molar-refractivity contribution in [2.45, 2.75) is 18.9 Å². The molecule has 0 atom stereocenters. The molecule has 1 aliphatic rings. The number of likely N-dealkylation sites (tertiary alicyclic amines) is 1. The summed E-state index contributed by atoms with van der Waals surface area (Å²) in [6.45, 7) is 1.26. The van der Waals surface area contributed by atoms with Crippen LogP contribution in [-0.2, 0) is 11.2 Å². The number of aromatic nitrogens is 3. The van der Waals surface area contributed by atoms with E-state index in [2.05, 4.69) is 10.2 Å². The van der Waals surface area contributed by atoms with Crippen LogP contribution in [0.3, 0.4) is 0 Å². The van der Waals surface area contributed by atoms with Crippen molar-refractivity contribution >= 4 is 5.91 Å². The van der Waals surface area contributed by atoms with Crippen molar-refractivity contribution in [3.63, 3.8) is 0 Å². The van der Waals surface area contributed by atoms with Gasteiger partial charge in [0.1, 0.15) is 11.9 Å². The second-order valence-electron chi connectivity index (χ2n) is 4.89. The molecule has 0 aliphatic carbocycles. The average Bonchev–Trinajstić information content (AvgIpc) is 2.90. The van der Waals surface area contributed by atoms with Crippen molar-refractivity contribution in [1.29, 1.82) is 0 Å². The van der Waals surface area contributed by atoms with Gasteiger partial charge in [-0.05, 0) is 18.1 Å². The van der Waals surface area contributed by atoms with E-state index in [0.29, 0.717) is 31.5 Å². The van der Waals surface area contributed by atoms with Crippen LogP contribution in [0.5, 0.6) is 0 Å². The number of nitrogens with zero attached hydrogens (tertiary/aromatic N) is 4. The summed E-state index contributed by atoms with van der Waals surface area (Å²) in [5, 5.41) is 8.11. The Morgan fingerprint density at radius 3 is 2.65 bits per heavy atom. The average molecular weight is 274 g/mol. The van der Waals surface area contributed by atoms with Crippen LogP contribution in [0.25, 0.3) is 0 Å². The van der Waals surface area contributed by atoms with Crippen molar-refractivity contribution in [3.05, 3.63) is 48.0 Å².